The van der Waals surface area contributed by atoms with Crippen molar-refractivity contribution >= 4 is 11.5 Å². The zero-order valence-corrected chi connectivity index (χ0v) is 16.6. The van der Waals surface area contributed by atoms with Gasteiger partial charge in [0.15, 0.2) is 5.65 Å². The summed E-state index contributed by atoms with van der Waals surface area (Å²) >= 11 is 0. The third-order valence-electron chi connectivity index (χ3n) is 5.67. The van der Waals surface area contributed by atoms with Gasteiger partial charge >= 0.3 is 0 Å². The van der Waals surface area contributed by atoms with Crippen molar-refractivity contribution < 1.29 is 9.13 Å². The van der Waals surface area contributed by atoms with E-state index < -0.39 is 12.2 Å². The van der Waals surface area contributed by atoms with Gasteiger partial charge in [0, 0.05) is 18.5 Å². The predicted octanol–water partition coefficient (Wildman–Crippen LogP) is 2.66. The maximum absolute atomic E-state index is 14.3. The number of alkyl halides is 1. The second-order valence-corrected chi connectivity index (χ2v) is 7.75. The highest BCUT2D eigenvalue weighted by molar-refractivity contribution is 5.65. The van der Waals surface area contributed by atoms with Gasteiger partial charge < -0.3 is 15.4 Å². The number of pyridine rings is 1. The van der Waals surface area contributed by atoms with Crippen molar-refractivity contribution in [3.63, 3.8) is 0 Å². The maximum atomic E-state index is 14.3. The van der Waals surface area contributed by atoms with Crippen molar-refractivity contribution in [2.24, 2.45) is 0 Å². The van der Waals surface area contributed by atoms with Gasteiger partial charge in [-0.15, -0.1) is 0 Å². The number of aromatic nitrogens is 4. The second-order valence-electron chi connectivity index (χ2n) is 7.75. The quantitative estimate of drug-likeness (QED) is 0.671. The number of halogens is 1. The monoisotopic (exact) mass is 407 g/mol. The Labute approximate surface area is 173 Å². The predicted molar refractivity (Wildman–Crippen MR) is 109 cm³/mol. The summed E-state index contributed by atoms with van der Waals surface area (Å²) in [6.45, 7) is 1.14. The topological polar surface area (TPSA) is 100 Å². The number of hydrogen-bond donors (Lipinski definition) is 2. The highest BCUT2D eigenvalue weighted by atomic mass is 19.1. The number of hydrogen-bond acceptors (Lipinski definition) is 7. The van der Waals surface area contributed by atoms with Gasteiger partial charge in [-0.3, -0.25) is 0 Å². The lowest BCUT2D eigenvalue weighted by molar-refractivity contribution is 0.241. The molecule has 0 radical (unpaired) electrons. The van der Waals surface area contributed by atoms with Crippen molar-refractivity contribution in [2.75, 3.05) is 25.5 Å². The number of nitrogens with zero attached hydrogens (tertiary/aromatic N) is 5. The average molecular weight is 407 g/mol. The minimum Gasteiger partial charge on any atom is -0.495 e. The Balaban J connectivity index is 1.55. The Morgan fingerprint density at radius 3 is 2.93 bits per heavy atom. The molecule has 9 heteroatoms. The molecule has 30 heavy (non-hydrogen) atoms. The van der Waals surface area contributed by atoms with Crippen molar-refractivity contribution in [3.05, 3.63) is 35.7 Å². The Morgan fingerprint density at radius 1 is 1.33 bits per heavy atom. The summed E-state index contributed by atoms with van der Waals surface area (Å²) in [4.78, 5) is 9.09. The largest absolute Gasteiger partial charge is 0.495 e. The smallest absolute Gasteiger partial charge is 0.157 e. The Hall–Kier alpha value is -3.25. The number of rotatable bonds is 5. The molecule has 2 atom stereocenters. The fourth-order valence-electron chi connectivity index (χ4n) is 3.84. The molecular weight excluding hydrogens is 385 g/mol. The second kappa shape index (κ2) is 7.54. The fourth-order valence-corrected chi connectivity index (χ4v) is 3.84. The molecular formula is C21H22FN7O. The first kappa shape index (κ1) is 18.8. The molecule has 0 bridgehead atoms. The highest BCUT2D eigenvalue weighted by Crippen LogP contribution is 2.43. The lowest BCUT2D eigenvalue weighted by atomic mass is 10.1. The van der Waals surface area contributed by atoms with Gasteiger partial charge in [-0.05, 0) is 37.9 Å². The van der Waals surface area contributed by atoms with Crippen LogP contribution in [0.4, 0.5) is 10.2 Å². The minimum absolute atomic E-state index is 0.372. The Kier molecular flexibility index (Phi) is 4.71. The molecule has 2 aliphatic rings. The van der Waals surface area contributed by atoms with Crippen molar-refractivity contribution in [1.29, 1.82) is 5.26 Å². The number of nitrogens with one attached hydrogen (secondary N) is 2. The van der Waals surface area contributed by atoms with Crippen LogP contribution in [0.2, 0.25) is 0 Å². The lowest BCUT2D eigenvalue weighted by Crippen LogP contribution is -2.46. The molecule has 1 aliphatic carbocycles. The Bertz CT molecular complexity index is 1130. The van der Waals surface area contributed by atoms with Gasteiger partial charge in [-0.1, -0.05) is 0 Å². The minimum atomic E-state index is -0.991. The number of fused-ring (bicyclic) bond motifs is 1. The van der Waals surface area contributed by atoms with E-state index in [9.17, 15) is 9.65 Å². The van der Waals surface area contributed by atoms with Crippen LogP contribution in [-0.2, 0) is 0 Å². The third kappa shape index (κ3) is 3.33. The standard InChI is InChI=1S/C21H22FN7O/c1-30-18-8-19-25-11-17(29(19)28-20(18)12-2-3-12)15-5-4-13(9-23)21(26-15)27-16-10-24-7-6-14(16)22/h4-5,8,11-12,14,16,24H,2-3,6-7,10H2,1H3,(H,26,27)/t14-,16-/m0/s1. The van der Waals surface area contributed by atoms with Crippen molar-refractivity contribution in [1.82, 2.24) is 24.9 Å². The molecule has 1 aliphatic heterocycles. The number of ether oxygens (including phenoxy) is 1. The van der Waals surface area contributed by atoms with Crippen LogP contribution in [0, 0.1) is 11.3 Å². The summed E-state index contributed by atoms with van der Waals surface area (Å²) in [6.07, 6.45) is 3.34. The van der Waals surface area contributed by atoms with Crippen LogP contribution in [0.3, 0.4) is 0 Å². The summed E-state index contributed by atoms with van der Waals surface area (Å²) < 4.78 is 21.6. The highest BCUT2D eigenvalue weighted by Gasteiger charge is 2.30. The first-order valence-electron chi connectivity index (χ1n) is 10.1. The van der Waals surface area contributed by atoms with E-state index in [1.165, 1.54) is 0 Å². The lowest BCUT2D eigenvalue weighted by Gasteiger charge is -2.28. The van der Waals surface area contributed by atoms with E-state index in [0.29, 0.717) is 53.8 Å². The normalized spacial score (nSPS) is 21.4. The molecule has 0 spiro atoms. The van der Waals surface area contributed by atoms with Crippen LogP contribution in [0.15, 0.2) is 24.4 Å². The fraction of sp³-hybridized carbons (Fsp3) is 0.429. The van der Waals surface area contributed by atoms with E-state index in [0.717, 1.165) is 24.3 Å². The van der Waals surface area contributed by atoms with Gasteiger partial charge in [0.05, 0.1) is 30.6 Å². The molecule has 2 fully saturated rings. The summed E-state index contributed by atoms with van der Waals surface area (Å²) in [7, 11) is 1.64. The third-order valence-corrected chi connectivity index (χ3v) is 5.67. The van der Waals surface area contributed by atoms with Gasteiger partial charge in [-0.25, -0.2) is 18.9 Å². The first-order chi connectivity index (χ1) is 14.7. The van der Waals surface area contributed by atoms with Crippen LogP contribution in [0.1, 0.15) is 36.4 Å². The molecule has 1 saturated carbocycles. The molecule has 0 amide bonds. The number of methoxy groups -OCH3 is 1. The summed E-state index contributed by atoms with van der Waals surface area (Å²) in [5.41, 5.74) is 3.28. The van der Waals surface area contributed by atoms with Crippen LogP contribution in [0.5, 0.6) is 5.75 Å². The molecule has 0 unspecified atom stereocenters. The molecule has 2 N–H and O–H groups in total. The van der Waals surface area contributed by atoms with Gasteiger partial charge in [-0.2, -0.15) is 10.4 Å². The van der Waals surface area contributed by atoms with E-state index in [4.69, 9.17) is 9.84 Å². The van der Waals surface area contributed by atoms with Crippen LogP contribution in [-0.4, -0.2) is 52.0 Å². The van der Waals surface area contributed by atoms with Crippen LogP contribution in [0.25, 0.3) is 17.0 Å². The number of imidazole rings is 1. The van der Waals surface area contributed by atoms with E-state index in [2.05, 4.69) is 26.7 Å². The molecule has 0 aromatic carbocycles. The van der Waals surface area contributed by atoms with E-state index >= 15 is 0 Å². The zero-order valence-electron chi connectivity index (χ0n) is 16.6. The van der Waals surface area contributed by atoms with Gasteiger partial charge in [0.1, 0.15) is 35.2 Å². The van der Waals surface area contributed by atoms with Gasteiger partial charge in [0.25, 0.3) is 0 Å². The molecule has 3 aromatic rings. The van der Waals surface area contributed by atoms with Gasteiger partial charge in [0.2, 0.25) is 0 Å². The first-order valence-corrected chi connectivity index (χ1v) is 10.1. The van der Waals surface area contributed by atoms with Crippen LogP contribution < -0.4 is 15.4 Å². The molecule has 4 heterocycles. The maximum Gasteiger partial charge on any atom is 0.157 e. The zero-order chi connectivity index (χ0) is 20.7. The molecule has 3 aromatic heterocycles. The summed E-state index contributed by atoms with van der Waals surface area (Å²) in [5, 5.41) is 20.6. The Morgan fingerprint density at radius 2 is 2.20 bits per heavy atom. The SMILES string of the molecule is COc1cc2ncc(-c3ccc(C#N)c(N[C@H]4CNCC[C@@H]4F)n3)n2nc1C1CC1. The van der Waals surface area contributed by atoms with E-state index in [1.807, 2.05) is 6.07 Å². The number of piperidine rings is 1. The van der Waals surface area contributed by atoms with Crippen molar-refractivity contribution in [3.8, 4) is 23.2 Å². The van der Waals surface area contributed by atoms with Crippen molar-refractivity contribution in [2.45, 2.75) is 37.4 Å². The molecule has 8 nitrogen and oxygen atoms in total. The molecule has 5 rings (SSSR count). The van der Waals surface area contributed by atoms with E-state index in [1.54, 1.807) is 30.0 Å². The van der Waals surface area contributed by atoms with E-state index in [-0.39, 0.29) is 0 Å². The number of nitriles is 1. The molecule has 1 saturated heterocycles. The summed E-state index contributed by atoms with van der Waals surface area (Å²) in [6, 6.07) is 7.05. The molecule has 154 valence electrons. The van der Waals surface area contributed by atoms with Crippen LogP contribution >= 0.6 is 0 Å². The number of anilines is 1. The average Bonchev–Trinajstić information content (AvgIpc) is 3.54. The summed E-state index contributed by atoms with van der Waals surface area (Å²) in [5.74, 6) is 1.53.